The maximum Gasteiger partial charge on any atom is 0.229 e. The fourth-order valence-corrected chi connectivity index (χ4v) is 3.93. The summed E-state index contributed by atoms with van der Waals surface area (Å²) in [4.78, 5) is 17.2. The molecule has 136 valence electrons. The van der Waals surface area contributed by atoms with Crippen LogP contribution >= 0.6 is 0 Å². The van der Waals surface area contributed by atoms with Gasteiger partial charge in [-0.3, -0.25) is 10.1 Å². The normalized spacial score (nSPS) is 20.0. The van der Waals surface area contributed by atoms with E-state index in [0.29, 0.717) is 17.6 Å². The van der Waals surface area contributed by atoms with Crippen LogP contribution in [0.4, 0.5) is 5.95 Å². The van der Waals surface area contributed by atoms with Crippen molar-refractivity contribution in [1.29, 1.82) is 5.26 Å². The van der Waals surface area contributed by atoms with E-state index in [0.717, 1.165) is 49.6 Å². The van der Waals surface area contributed by atoms with Crippen molar-refractivity contribution in [2.75, 3.05) is 5.32 Å². The molecule has 1 amide bonds. The second kappa shape index (κ2) is 6.40. The molecule has 2 aromatic rings. The Morgan fingerprint density at radius 2 is 2.12 bits per heavy atom. The highest BCUT2D eigenvalue weighted by Gasteiger charge is 2.38. The number of hydrogen-bond donors (Lipinski definition) is 2. The molecule has 1 unspecified atom stereocenters. The Balaban J connectivity index is 1.61. The van der Waals surface area contributed by atoms with Gasteiger partial charge in [-0.05, 0) is 63.1 Å². The summed E-state index contributed by atoms with van der Waals surface area (Å²) in [7, 11) is 0. The lowest BCUT2D eigenvalue weighted by atomic mass is 9.72. The molecule has 1 atom stereocenters. The molecule has 0 radical (unpaired) electrons. The second-order valence-electron chi connectivity index (χ2n) is 7.92. The summed E-state index contributed by atoms with van der Waals surface area (Å²) in [5, 5.41) is 22.7. The van der Waals surface area contributed by atoms with Crippen LogP contribution in [-0.4, -0.2) is 26.2 Å². The number of carbonyl (C=O) groups is 1. The molecule has 0 bridgehead atoms. The van der Waals surface area contributed by atoms with Gasteiger partial charge < -0.3 is 9.67 Å². The van der Waals surface area contributed by atoms with Crippen LogP contribution in [0, 0.1) is 17.2 Å². The van der Waals surface area contributed by atoms with Gasteiger partial charge in [-0.1, -0.05) is 6.42 Å². The first-order valence-electron chi connectivity index (χ1n) is 9.42. The zero-order valence-corrected chi connectivity index (χ0v) is 15.0. The van der Waals surface area contributed by atoms with Crippen LogP contribution in [0.2, 0.25) is 0 Å². The molecule has 0 saturated heterocycles. The summed E-state index contributed by atoms with van der Waals surface area (Å²) in [6.45, 7) is 1.75. The van der Waals surface area contributed by atoms with Crippen LogP contribution in [0.5, 0.6) is 0 Å². The molecule has 2 N–H and O–H groups in total. The van der Waals surface area contributed by atoms with Crippen LogP contribution in [0.3, 0.4) is 0 Å². The van der Waals surface area contributed by atoms with E-state index in [1.807, 2.05) is 12.1 Å². The Morgan fingerprint density at radius 3 is 2.69 bits per heavy atom. The van der Waals surface area contributed by atoms with E-state index in [4.69, 9.17) is 0 Å². The lowest BCUT2D eigenvalue weighted by Gasteiger charge is -2.38. The number of nitrogens with zero attached hydrogens (tertiary/aromatic N) is 3. The van der Waals surface area contributed by atoms with E-state index in [-0.39, 0.29) is 18.2 Å². The molecule has 1 aromatic carbocycles. The van der Waals surface area contributed by atoms with E-state index in [1.165, 1.54) is 0 Å². The van der Waals surface area contributed by atoms with Crippen molar-refractivity contribution in [1.82, 2.24) is 9.55 Å². The molecule has 0 aliphatic heterocycles. The maximum atomic E-state index is 12.6. The molecule has 0 spiro atoms. The number of nitriles is 1. The SMILES string of the molecule is CC(O)(CC(=O)Nc1nc2ccc(C#N)cc2n1C1CCC1)C1CCC1. The standard InChI is InChI=1S/C20H24N4O2/c1-20(26,14-4-2-5-14)11-18(25)23-19-22-16-9-8-13(12-21)10-17(16)24(19)15-6-3-7-15/h8-10,14-15,26H,2-7,11H2,1H3,(H,22,23,25). The lowest BCUT2D eigenvalue weighted by molar-refractivity contribution is -0.124. The Hall–Kier alpha value is -2.39. The van der Waals surface area contributed by atoms with Gasteiger partial charge in [0.05, 0.1) is 34.7 Å². The molecule has 26 heavy (non-hydrogen) atoms. The molecule has 2 saturated carbocycles. The van der Waals surface area contributed by atoms with Gasteiger partial charge in [0.25, 0.3) is 0 Å². The Bertz CT molecular complexity index is 885. The van der Waals surface area contributed by atoms with Gasteiger partial charge in [0.2, 0.25) is 11.9 Å². The zero-order chi connectivity index (χ0) is 18.3. The van der Waals surface area contributed by atoms with Crippen molar-refractivity contribution in [3.05, 3.63) is 23.8 Å². The van der Waals surface area contributed by atoms with Gasteiger partial charge in [-0.15, -0.1) is 0 Å². The number of aliphatic hydroxyl groups is 1. The van der Waals surface area contributed by atoms with E-state index in [9.17, 15) is 15.2 Å². The van der Waals surface area contributed by atoms with Crippen molar-refractivity contribution >= 4 is 22.9 Å². The third kappa shape index (κ3) is 2.97. The number of carbonyl (C=O) groups excluding carboxylic acids is 1. The second-order valence-corrected chi connectivity index (χ2v) is 7.92. The van der Waals surface area contributed by atoms with Gasteiger partial charge >= 0.3 is 0 Å². The highest BCUT2D eigenvalue weighted by atomic mass is 16.3. The predicted octanol–water partition coefficient (Wildman–Crippen LogP) is 3.51. The number of nitrogens with one attached hydrogen (secondary N) is 1. The number of aromatic nitrogens is 2. The first kappa shape index (κ1) is 17.0. The first-order chi connectivity index (χ1) is 12.5. The topological polar surface area (TPSA) is 90.9 Å². The number of imidazole rings is 1. The number of anilines is 1. The largest absolute Gasteiger partial charge is 0.389 e. The van der Waals surface area contributed by atoms with E-state index in [1.54, 1.807) is 13.0 Å². The van der Waals surface area contributed by atoms with E-state index < -0.39 is 5.60 Å². The molecule has 6 nitrogen and oxygen atoms in total. The van der Waals surface area contributed by atoms with Gasteiger partial charge in [-0.2, -0.15) is 5.26 Å². The Labute approximate surface area is 152 Å². The molecular weight excluding hydrogens is 328 g/mol. The van der Waals surface area contributed by atoms with Gasteiger partial charge in [0.15, 0.2) is 0 Å². The Morgan fingerprint density at radius 1 is 1.38 bits per heavy atom. The lowest BCUT2D eigenvalue weighted by Crippen LogP contribution is -2.42. The number of fused-ring (bicyclic) bond motifs is 1. The number of benzene rings is 1. The van der Waals surface area contributed by atoms with Crippen molar-refractivity contribution in [2.45, 2.75) is 63.5 Å². The minimum Gasteiger partial charge on any atom is -0.389 e. The van der Waals surface area contributed by atoms with Crippen molar-refractivity contribution < 1.29 is 9.90 Å². The van der Waals surface area contributed by atoms with Crippen LogP contribution < -0.4 is 5.32 Å². The van der Waals surface area contributed by atoms with Crippen molar-refractivity contribution in [3.8, 4) is 6.07 Å². The highest BCUT2D eigenvalue weighted by molar-refractivity contribution is 5.92. The van der Waals surface area contributed by atoms with Gasteiger partial charge in [0, 0.05) is 6.04 Å². The molecule has 1 aromatic heterocycles. The molecule has 2 aliphatic carbocycles. The van der Waals surface area contributed by atoms with Crippen LogP contribution in [0.1, 0.15) is 63.5 Å². The fraction of sp³-hybridized carbons (Fsp3) is 0.550. The van der Waals surface area contributed by atoms with Crippen LogP contribution in [-0.2, 0) is 4.79 Å². The average Bonchev–Trinajstić information content (AvgIpc) is 2.79. The molecule has 2 fully saturated rings. The quantitative estimate of drug-likeness (QED) is 0.861. The smallest absolute Gasteiger partial charge is 0.229 e. The van der Waals surface area contributed by atoms with Crippen LogP contribution in [0.25, 0.3) is 11.0 Å². The summed E-state index contributed by atoms with van der Waals surface area (Å²) in [5.41, 5.74) is 1.28. The molecule has 6 heteroatoms. The van der Waals surface area contributed by atoms with Gasteiger partial charge in [-0.25, -0.2) is 4.98 Å². The highest BCUT2D eigenvalue weighted by Crippen LogP contribution is 2.39. The summed E-state index contributed by atoms with van der Waals surface area (Å²) in [5.74, 6) is 0.518. The summed E-state index contributed by atoms with van der Waals surface area (Å²) >= 11 is 0. The third-order valence-electron chi connectivity index (χ3n) is 6.01. The zero-order valence-electron chi connectivity index (χ0n) is 15.0. The summed E-state index contributed by atoms with van der Waals surface area (Å²) < 4.78 is 2.05. The molecule has 2 aliphatic rings. The van der Waals surface area contributed by atoms with E-state index >= 15 is 0 Å². The molecule has 4 rings (SSSR count). The minimum absolute atomic E-state index is 0.0784. The fourth-order valence-electron chi connectivity index (χ4n) is 3.93. The maximum absolute atomic E-state index is 12.6. The summed E-state index contributed by atoms with van der Waals surface area (Å²) in [6, 6.07) is 7.87. The monoisotopic (exact) mass is 352 g/mol. The first-order valence-corrected chi connectivity index (χ1v) is 9.42. The van der Waals surface area contributed by atoms with Gasteiger partial charge in [0.1, 0.15) is 0 Å². The minimum atomic E-state index is -0.969. The van der Waals surface area contributed by atoms with Crippen molar-refractivity contribution in [2.24, 2.45) is 5.92 Å². The van der Waals surface area contributed by atoms with Crippen LogP contribution in [0.15, 0.2) is 18.2 Å². The van der Waals surface area contributed by atoms with E-state index in [2.05, 4.69) is 20.9 Å². The summed E-state index contributed by atoms with van der Waals surface area (Å²) in [6.07, 6.45) is 6.42. The number of amides is 1. The molecular formula is C20H24N4O2. The number of hydrogen-bond acceptors (Lipinski definition) is 4. The third-order valence-corrected chi connectivity index (χ3v) is 6.01. The molecule has 1 heterocycles. The predicted molar refractivity (Wildman–Crippen MR) is 98.5 cm³/mol. The Kier molecular flexibility index (Phi) is 4.20. The average molecular weight is 352 g/mol. The number of rotatable bonds is 5. The van der Waals surface area contributed by atoms with Crippen molar-refractivity contribution in [3.63, 3.8) is 0 Å².